The Bertz CT molecular complexity index is 3370. The number of nitrogens with zero attached hydrogens (tertiary/aromatic N) is 4. The molecule has 11 rings (SSSR count). The Morgan fingerprint density at radius 2 is 1.28 bits per heavy atom. The summed E-state index contributed by atoms with van der Waals surface area (Å²) in [6.45, 7) is 2.46. The molecule has 288 valence electrons. The molecule has 0 atom stereocenters. The number of aryl methyl sites for hydroxylation is 1. The van der Waals surface area contributed by atoms with Crippen LogP contribution in [0, 0.1) is 6.92 Å². The number of benzene rings is 7. The van der Waals surface area contributed by atoms with E-state index in [0.29, 0.717) is 29.5 Å². The molecule has 6 heteroatoms. The van der Waals surface area contributed by atoms with Crippen LogP contribution in [-0.4, -0.2) is 33.1 Å². The molecule has 9 aromatic rings. The first-order valence-corrected chi connectivity index (χ1v) is 19.9. The molecule has 4 heterocycles. The lowest BCUT2D eigenvalue weighted by Crippen LogP contribution is -2.22. The summed E-state index contributed by atoms with van der Waals surface area (Å²) in [6.07, 6.45) is 3.43. The molecule has 0 aliphatic carbocycles. The highest BCUT2D eigenvalue weighted by molar-refractivity contribution is 6.09. The van der Waals surface area contributed by atoms with Gasteiger partial charge in [0.2, 0.25) is 5.88 Å². The first-order valence-electron chi connectivity index (χ1n) is 22.4. The predicted octanol–water partition coefficient (Wildman–Crippen LogP) is 13.1. The van der Waals surface area contributed by atoms with Gasteiger partial charge >= 0.3 is 0 Å². The molecular weight excluding hydrogens is 737 g/mol. The first kappa shape index (κ1) is 30.3. The van der Waals surface area contributed by atoms with Crippen LogP contribution in [0.1, 0.15) is 23.5 Å². The highest BCUT2D eigenvalue weighted by atomic mass is 16.5. The minimum atomic E-state index is -0.426. The van der Waals surface area contributed by atoms with E-state index in [2.05, 4.69) is 106 Å². The van der Waals surface area contributed by atoms with Gasteiger partial charge in [0.25, 0.3) is 0 Å². The fourth-order valence-electron chi connectivity index (χ4n) is 8.59. The summed E-state index contributed by atoms with van der Waals surface area (Å²) in [6, 6.07) is 49.9. The minimum Gasteiger partial charge on any atom is -0.457 e. The maximum Gasteiger partial charge on any atom is 0.225 e. The van der Waals surface area contributed by atoms with Crippen LogP contribution in [0.15, 0.2) is 200 Å². The molecule has 2 aliphatic heterocycles. The van der Waals surface area contributed by atoms with E-state index in [1.165, 1.54) is 0 Å². The summed E-state index contributed by atoms with van der Waals surface area (Å²) in [5, 5.41) is 2.06. The standard InChI is InChI=1S/C54H40N4O2/c1-36-30-51(55-33-47(36)39-20-10-5-11-21-39)58-48-27-13-12-24-45(48)46-29-28-42(32-49(46)58)60-41-23-14-22-40(31-41)50-34-59-54-53(56(2)35-57(50)54)52-43(37-16-6-3-7-17-37)25-15-26-44(52)38-18-8-4-9-19-38/h3-34H,35H2,1-2H3/i5D,10D,11D,20D,21D. The van der Waals surface area contributed by atoms with Crippen LogP contribution in [0.3, 0.4) is 0 Å². The van der Waals surface area contributed by atoms with Crippen molar-refractivity contribution in [2.24, 2.45) is 0 Å². The van der Waals surface area contributed by atoms with E-state index in [1.807, 2.05) is 79.9 Å². The third kappa shape index (κ3) is 6.00. The largest absolute Gasteiger partial charge is 0.457 e. The smallest absolute Gasteiger partial charge is 0.225 e. The third-order valence-electron chi connectivity index (χ3n) is 11.3. The highest BCUT2D eigenvalue weighted by Gasteiger charge is 2.38. The fraction of sp³-hybridized carbons (Fsp3) is 0.0556. The van der Waals surface area contributed by atoms with E-state index < -0.39 is 6.04 Å². The summed E-state index contributed by atoms with van der Waals surface area (Å²) in [7, 11) is 2.11. The van der Waals surface area contributed by atoms with Crippen LogP contribution in [0.25, 0.3) is 72.4 Å². The maximum absolute atomic E-state index is 8.57. The Morgan fingerprint density at radius 3 is 2.03 bits per heavy atom. The molecule has 0 fully saturated rings. The van der Waals surface area contributed by atoms with Crippen LogP contribution in [0.5, 0.6) is 11.5 Å². The Kier molecular flexibility index (Phi) is 7.33. The molecule has 60 heavy (non-hydrogen) atoms. The first-order chi connectivity index (χ1) is 31.7. The molecule has 0 unspecified atom stereocenters. The van der Waals surface area contributed by atoms with Crippen LogP contribution in [0.4, 0.5) is 0 Å². The summed E-state index contributed by atoms with van der Waals surface area (Å²) in [5.74, 6) is 2.70. The summed E-state index contributed by atoms with van der Waals surface area (Å²) >= 11 is 0. The number of rotatable bonds is 8. The van der Waals surface area contributed by atoms with Gasteiger partial charge in [0, 0.05) is 46.8 Å². The Labute approximate surface area is 356 Å². The van der Waals surface area contributed by atoms with Crippen LogP contribution < -0.4 is 4.74 Å². The van der Waals surface area contributed by atoms with Crippen molar-refractivity contribution < 1.29 is 16.3 Å². The number of ether oxygens (including phenoxy) is 2. The molecule has 0 bridgehead atoms. The van der Waals surface area contributed by atoms with Crippen molar-refractivity contribution in [3.05, 3.63) is 217 Å². The van der Waals surface area contributed by atoms with Gasteiger partial charge in [0.15, 0.2) is 0 Å². The lowest BCUT2D eigenvalue weighted by molar-refractivity contribution is 0.278. The van der Waals surface area contributed by atoms with Crippen molar-refractivity contribution in [2.75, 3.05) is 13.7 Å². The minimum absolute atomic E-state index is 0.127. The van der Waals surface area contributed by atoms with Crippen LogP contribution >= 0.6 is 0 Å². The molecule has 6 nitrogen and oxygen atoms in total. The van der Waals surface area contributed by atoms with E-state index in [4.69, 9.17) is 21.3 Å². The topological polar surface area (TPSA) is 42.8 Å². The molecule has 2 aliphatic rings. The van der Waals surface area contributed by atoms with Gasteiger partial charge in [-0.3, -0.25) is 9.47 Å². The quantitative estimate of drug-likeness (QED) is 0.154. The zero-order valence-electron chi connectivity index (χ0n) is 37.9. The van der Waals surface area contributed by atoms with Crippen LogP contribution in [-0.2, 0) is 4.74 Å². The molecule has 0 saturated carbocycles. The van der Waals surface area contributed by atoms with Gasteiger partial charge in [-0.25, -0.2) is 4.98 Å². The van der Waals surface area contributed by atoms with Crippen molar-refractivity contribution in [2.45, 2.75) is 6.92 Å². The number of aromatic nitrogens is 2. The average molecular weight is 782 g/mol. The van der Waals surface area contributed by atoms with E-state index in [0.717, 1.165) is 78.0 Å². The normalized spacial score (nSPS) is 14.7. The van der Waals surface area contributed by atoms with E-state index in [9.17, 15) is 0 Å². The van der Waals surface area contributed by atoms with Crippen molar-refractivity contribution in [3.8, 4) is 50.7 Å². The number of hydrogen-bond donors (Lipinski definition) is 0. The Balaban J connectivity index is 0.938. The van der Waals surface area contributed by atoms with E-state index >= 15 is 0 Å². The van der Waals surface area contributed by atoms with Crippen molar-refractivity contribution >= 4 is 33.2 Å². The van der Waals surface area contributed by atoms with Crippen molar-refractivity contribution in [1.29, 1.82) is 0 Å². The van der Waals surface area contributed by atoms with Gasteiger partial charge in [0.1, 0.15) is 29.3 Å². The molecule has 2 aromatic heterocycles. The van der Waals surface area contributed by atoms with Crippen LogP contribution in [0.2, 0.25) is 0 Å². The number of hydrogen-bond acceptors (Lipinski definition) is 5. The second-order valence-corrected chi connectivity index (χ2v) is 15.0. The van der Waals surface area contributed by atoms with Gasteiger partial charge in [-0.05, 0) is 76.7 Å². The van der Waals surface area contributed by atoms with Crippen molar-refractivity contribution in [1.82, 2.24) is 19.4 Å². The Morgan fingerprint density at radius 1 is 0.617 bits per heavy atom. The predicted molar refractivity (Wildman–Crippen MR) is 243 cm³/mol. The number of fused-ring (bicyclic) bond motifs is 4. The third-order valence-corrected chi connectivity index (χ3v) is 11.3. The second-order valence-electron chi connectivity index (χ2n) is 15.0. The van der Waals surface area contributed by atoms with Gasteiger partial charge in [-0.2, -0.15) is 0 Å². The molecular formula is C54H40N4O2. The zero-order chi connectivity index (χ0) is 44.5. The van der Waals surface area contributed by atoms with Gasteiger partial charge in [-0.15, -0.1) is 0 Å². The number of para-hydroxylation sites is 1. The molecule has 0 spiro atoms. The fourth-order valence-corrected chi connectivity index (χ4v) is 8.59. The summed E-state index contributed by atoms with van der Waals surface area (Å²) in [4.78, 5) is 9.32. The molecule has 0 N–H and O–H groups in total. The lowest BCUT2D eigenvalue weighted by Gasteiger charge is -2.22. The monoisotopic (exact) mass is 781 g/mol. The second kappa shape index (κ2) is 14.5. The lowest BCUT2D eigenvalue weighted by atomic mass is 9.89. The van der Waals surface area contributed by atoms with Gasteiger partial charge < -0.3 is 14.4 Å². The molecule has 0 amide bonds. The maximum atomic E-state index is 8.57. The highest BCUT2D eigenvalue weighted by Crippen LogP contribution is 2.47. The van der Waals surface area contributed by atoms with E-state index in [1.54, 1.807) is 6.20 Å². The molecule has 0 saturated heterocycles. The van der Waals surface area contributed by atoms with Gasteiger partial charge in [-0.1, -0.05) is 139 Å². The number of pyridine rings is 1. The van der Waals surface area contributed by atoms with Gasteiger partial charge in [0.05, 0.1) is 30.3 Å². The summed E-state index contributed by atoms with van der Waals surface area (Å²) in [5.41, 5.74) is 11.7. The SMILES string of the molecule is [2H]c1c([2H])c([2H])c(-c2cnc(-n3c4ccccc4c4ccc(Oc5cccc(C6=COC7=C(c8c(-c9ccccc9)cccc8-c8ccccc8)N(C)CN67)c5)cc43)cc2C)c([2H])c1[2H]. The Hall–Kier alpha value is -7.83. The zero-order valence-corrected chi connectivity index (χ0v) is 32.9. The van der Waals surface area contributed by atoms with Crippen molar-refractivity contribution in [3.63, 3.8) is 0 Å². The van der Waals surface area contributed by atoms with E-state index in [-0.39, 0.29) is 29.7 Å². The molecule has 0 radical (unpaired) electrons. The molecule has 7 aromatic carbocycles. The summed E-state index contributed by atoms with van der Waals surface area (Å²) < 4.78 is 56.9. The average Bonchev–Trinajstić information content (AvgIpc) is 4.00.